The van der Waals surface area contributed by atoms with Crippen LogP contribution in [0.1, 0.15) is 46.0 Å². The van der Waals surface area contributed by atoms with Gasteiger partial charge in [0.25, 0.3) is 0 Å². The average molecular weight is 210 g/mol. The quantitative estimate of drug-likeness (QED) is 0.749. The van der Waals surface area contributed by atoms with Crippen LogP contribution < -0.4 is 5.32 Å². The SMILES string of the molecule is CCCC1(CN2CCNC(CC)C2)CC1. The predicted molar refractivity (Wildman–Crippen MR) is 65.1 cm³/mol. The minimum absolute atomic E-state index is 0.740. The molecule has 1 heterocycles. The third-order valence-corrected chi connectivity index (χ3v) is 4.13. The van der Waals surface area contributed by atoms with Gasteiger partial charge in [-0.1, -0.05) is 20.3 Å². The molecule has 15 heavy (non-hydrogen) atoms. The van der Waals surface area contributed by atoms with Gasteiger partial charge in [0.1, 0.15) is 0 Å². The highest BCUT2D eigenvalue weighted by atomic mass is 15.2. The first kappa shape index (κ1) is 11.4. The zero-order valence-corrected chi connectivity index (χ0v) is 10.4. The van der Waals surface area contributed by atoms with Crippen molar-refractivity contribution in [3.8, 4) is 0 Å². The number of rotatable bonds is 5. The van der Waals surface area contributed by atoms with Crippen molar-refractivity contribution in [2.24, 2.45) is 5.41 Å². The monoisotopic (exact) mass is 210 g/mol. The summed E-state index contributed by atoms with van der Waals surface area (Å²) in [5, 5.41) is 3.60. The van der Waals surface area contributed by atoms with Crippen molar-refractivity contribution in [3.63, 3.8) is 0 Å². The lowest BCUT2D eigenvalue weighted by molar-refractivity contribution is 0.159. The number of nitrogens with zero attached hydrogens (tertiary/aromatic N) is 1. The first-order valence-corrected chi connectivity index (χ1v) is 6.74. The zero-order chi connectivity index (χ0) is 10.7. The molecule has 0 radical (unpaired) electrons. The van der Waals surface area contributed by atoms with E-state index in [1.165, 1.54) is 58.3 Å². The fraction of sp³-hybridized carbons (Fsp3) is 1.00. The van der Waals surface area contributed by atoms with Crippen molar-refractivity contribution >= 4 is 0 Å². The molecule has 2 aliphatic rings. The second-order valence-corrected chi connectivity index (χ2v) is 5.54. The zero-order valence-electron chi connectivity index (χ0n) is 10.4. The summed E-state index contributed by atoms with van der Waals surface area (Å²) in [5.41, 5.74) is 0.740. The highest BCUT2D eigenvalue weighted by Crippen LogP contribution is 2.50. The average Bonchev–Trinajstić information content (AvgIpc) is 2.99. The molecule has 2 fully saturated rings. The molecule has 0 spiro atoms. The molecule has 2 nitrogen and oxygen atoms in total. The van der Waals surface area contributed by atoms with Gasteiger partial charge in [-0.2, -0.15) is 0 Å². The molecule has 0 amide bonds. The van der Waals surface area contributed by atoms with E-state index < -0.39 is 0 Å². The van der Waals surface area contributed by atoms with E-state index in [2.05, 4.69) is 24.1 Å². The number of nitrogens with one attached hydrogen (secondary N) is 1. The van der Waals surface area contributed by atoms with Crippen LogP contribution in [0.3, 0.4) is 0 Å². The largest absolute Gasteiger partial charge is 0.311 e. The molecule has 1 N–H and O–H groups in total. The van der Waals surface area contributed by atoms with E-state index in [-0.39, 0.29) is 0 Å². The molecule has 1 unspecified atom stereocenters. The van der Waals surface area contributed by atoms with Crippen molar-refractivity contribution in [1.82, 2.24) is 10.2 Å². The van der Waals surface area contributed by atoms with Crippen LogP contribution >= 0.6 is 0 Å². The topological polar surface area (TPSA) is 15.3 Å². The van der Waals surface area contributed by atoms with E-state index in [9.17, 15) is 0 Å². The molecule has 0 aromatic heterocycles. The Morgan fingerprint density at radius 1 is 1.33 bits per heavy atom. The van der Waals surface area contributed by atoms with E-state index in [4.69, 9.17) is 0 Å². The molecule has 1 aliphatic carbocycles. The highest BCUT2D eigenvalue weighted by molar-refractivity contribution is 4.96. The van der Waals surface area contributed by atoms with Gasteiger partial charge >= 0.3 is 0 Å². The van der Waals surface area contributed by atoms with Gasteiger partial charge in [-0.05, 0) is 31.1 Å². The predicted octanol–water partition coefficient (Wildman–Crippen LogP) is 2.25. The van der Waals surface area contributed by atoms with Crippen LogP contribution in [0.25, 0.3) is 0 Å². The Hall–Kier alpha value is -0.0800. The van der Waals surface area contributed by atoms with Crippen LogP contribution in [0, 0.1) is 5.41 Å². The lowest BCUT2D eigenvalue weighted by atomic mass is 9.99. The summed E-state index contributed by atoms with van der Waals surface area (Å²) in [7, 11) is 0. The van der Waals surface area contributed by atoms with E-state index in [0.717, 1.165) is 11.5 Å². The van der Waals surface area contributed by atoms with Crippen LogP contribution in [-0.2, 0) is 0 Å². The summed E-state index contributed by atoms with van der Waals surface area (Å²) in [6.07, 6.45) is 7.07. The Morgan fingerprint density at radius 3 is 2.73 bits per heavy atom. The second kappa shape index (κ2) is 4.84. The molecule has 0 aromatic rings. The summed E-state index contributed by atoms with van der Waals surface area (Å²) in [6.45, 7) is 9.73. The summed E-state index contributed by atoms with van der Waals surface area (Å²) < 4.78 is 0. The lowest BCUT2D eigenvalue weighted by Gasteiger charge is -2.35. The van der Waals surface area contributed by atoms with Gasteiger partial charge in [0.15, 0.2) is 0 Å². The van der Waals surface area contributed by atoms with Crippen LogP contribution in [0.4, 0.5) is 0 Å². The summed E-state index contributed by atoms with van der Waals surface area (Å²) in [5.74, 6) is 0. The molecule has 88 valence electrons. The molecular weight excluding hydrogens is 184 g/mol. The van der Waals surface area contributed by atoms with Crippen molar-refractivity contribution in [2.45, 2.75) is 52.0 Å². The maximum Gasteiger partial charge on any atom is 0.0192 e. The Bertz CT molecular complexity index is 199. The maximum absolute atomic E-state index is 3.60. The molecular formula is C13H26N2. The van der Waals surface area contributed by atoms with Gasteiger partial charge in [-0.25, -0.2) is 0 Å². The Labute approximate surface area is 94.4 Å². The van der Waals surface area contributed by atoms with E-state index in [0.29, 0.717) is 0 Å². The van der Waals surface area contributed by atoms with Crippen LogP contribution in [-0.4, -0.2) is 37.1 Å². The van der Waals surface area contributed by atoms with Crippen molar-refractivity contribution < 1.29 is 0 Å². The number of hydrogen-bond acceptors (Lipinski definition) is 2. The fourth-order valence-corrected chi connectivity index (χ4v) is 2.98. The van der Waals surface area contributed by atoms with E-state index in [1.807, 2.05) is 0 Å². The summed E-state index contributed by atoms with van der Waals surface area (Å²) in [6, 6.07) is 0.746. The summed E-state index contributed by atoms with van der Waals surface area (Å²) in [4.78, 5) is 2.70. The Balaban J connectivity index is 1.78. The molecule has 1 aliphatic heterocycles. The Kier molecular flexibility index (Phi) is 3.68. The van der Waals surface area contributed by atoms with Gasteiger partial charge in [-0.3, -0.25) is 4.90 Å². The minimum atomic E-state index is 0.740. The van der Waals surface area contributed by atoms with Crippen LogP contribution in [0.15, 0.2) is 0 Å². The molecule has 1 saturated carbocycles. The number of hydrogen-bond donors (Lipinski definition) is 1. The normalized spacial score (nSPS) is 30.4. The smallest absolute Gasteiger partial charge is 0.0192 e. The summed E-state index contributed by atoms with van der Waals surface area (Å²) >= 11 is 0. The third kappa shape index (κ3) is 2.94. The molecule has 2 heteroatoms. The molecule has 2 rings (SSSR count). The maximum atomic E-state index is 3.60. The standard InChI is InChI=1S/C13H26N2/c1-3-5-13(6-7-13)11-15-9-8-14-12(4-2)10-15/h12,14H,3-11H2,1-2H3. The van der Waals surface area contributed by atoms with Gasteiger partial charge < -0.3 is 5.32 Å². The first-order valence-electron chi connectivity index (χ1n) is 6.74. The second-order valence-electron chi connectivity index (χ2n) is 5.54. The van der Waals surface area contributed by atoms with Crippen molar-refractivity contribution in [3.05, 3.63) is 0 Å². The van der Waals surface area contributed by atoms with Crippen molar-refractivity contribution in [2.75, 3.05) is 26.2 Å². The van der Waals surface area contributed by atoms with Gasteiger partial charge in [0.2, 0.25) is 0 Å². The van der Waals surface area contributed by atoms with E-state index >= 15 is 0 Å². The van der Waals surface area contributed by atoms with Crippen LogP contribution in [0.5, 0.6) is 0 Å². The molecule has 1 atom stereocenters. The minimum Gasteiger partial charge on any atom is -0.311 e. The number of piperazine rings is 1. The third-order valence-electron chi connectivity index (χ3n) is 4.13. The molecule has 1 saturated heterocycles. The highest BCUT2D eigenvalue weighted by Gasteiger charge is 2.43. The van der Waals surface area contributed by atoms with Crippen LogP contribution in [0.2, 0.25) is 0 Å². The first-order chi connectivity index (χ1) is 7.28. The lowest BCUT2D eigenvalue weighted by Crippen LogP contribution is -2.51. The van der Waals surface area contributed by atoms with Gasteiger partial charge in [0, 0.05) is 32.2 Å². The van der Waals surface area contributed by atoms with Crippen molar-refractivity contribution in [1.29, 1.82) is 0 Å². The fourth-order valence-electron chi connectivity index (χ4n) is 2.98. The molecule has 0 bridgehead atoms. The Morgan fingerprint density at radius 2 is 2.13 bits per heavy atom. The van der Waals surface area contributed by atoms with Gasteiger partial charge in [0.05, 0.1) is 0 Å². The molecule has 0 aromatic carbocycles. The van der Waals surface area contributed by atoms with E-state index in [1.54, 1.807) is 0 Å². The van der Waals surface area contributed by atoms with Gasteiger partial charge in [-0.15, -0.1) is 0 Å².